The number of rotatable bonds is 6. The van der Waals surface area contributed by atoms with Crippen LogP contribution in [0.3, 0.4) is 0 Å². The maximum Gasteiger partial charge on any atom is 0.407 e. The van der Waals surface area contributed by atoms with Gasteiger partial charge >= 0.3 is 12.2 Å². The molecule has 0 radical (unpaired) electrons. The minimum Gasteiger partial charge on any atom is -0.453 e. The van der Waals surface area contributed by atoms with E-state index < -0.39 is 23.3 Å². The monoisotopic (exact) mass is 336 g/mol. The zero-order valence-electron chi connectivity index (χ0n) is 15.4. The molecule has 134 valence electrons. The topological polar surface area (TPSA) is 76.7 Å². The Morgan fingerprint density at radius 3 is 1.96 bits per heavy atom. The maximum atomic E-state index is 11.9. The van der Waals surface area contributed by atoms with Crippen molar-refractivity contribution in [2.45, 2.75) is 52.1 Å². The van der Waals surface area contributed by atoms with Gasteiger partial charge in [0.25, 0.3) is 0 Å². The van der Waals surface area contributed by atoms with Crippen molar-refractivity contribution in [3.8, 4) is 0 Å². The Kier molecular flexibility index (Phi) is 6.63. The van der Waals surface area contributed by atoms with Gasteiger partial charge in [-0.05, 0) is 45.2 Å². The number of amides is 2. The van der Waals surface area contributed by atoms with Crippen molar-refractivity contribution in [3.05, 3.63) is 35.4 Å². The van der Waals surface area contributed by atoms with Gasteiger partial charge in [0, 0.05) is 0 Å². The van der Waals surface area contributed by atoms with Crippen LogP contribution in [0, 0.1) is 0 Å². The van der Waals surface area contributed by atoms with Crippen molar-refractivity contribution in [2.24, 2.45) is 0 Å². The van der Waals surface area contributed by atoms with Gasteiger partial charge in [-0.3, -0.25) is 0 Å². The van der Waals surface area contributed by atoms with Gasteiger partial charge in [0.1, 0.15) is 0 Å². The van der Waals surface area contributed by atoms with Crippen molar-refractivity contribution in [1.29, 1.82) is 0 Å². The summed E-state index contributed by atoms with van der Waals surface area (Å²) < 4.78 is 9.76. The molecule has 0 spiro atoms. The van der Waals surface area contributed by atoms with Crippen molar-refractivity contribution in [2.75, 3.05) is 13.7 Å². The second-order valence-electron chi connectivity index (χ2n) is 6.71. The van der Waals surface area contributed by atoms with E-state index in [9.17, 15) is 9.59 Å². The fraction of sp³-hybridized carbons (Fsp3) is 0.556. The summed E-state index contributed by atoms with van der Waals surface area (Å²) in [6, 6.07) is 7.70. The van der Waals surface area contributed by atoms with E-state index in [-0.39, 0.29) is 0 Å². The highest BCUT2D eigenvalue weighted by atomic mass is 16.5. The first-order chi connectivity index (χ1) is 11.1. The van der Waals surface area contributed by atoms with Gasteiger partial charge in [-0.15, -0.1) is 0 Å². The molecule has 0 bridgehead atoms. The molecule has 6 nitrogen and oxygen atoms in total. The first-order valence-electron chi connectivity index (χ1n) is 8.04. The summed E-state index contributed by atoms with van der Waals surface area (Å²) in [5, 5.41) is 5.66. The Labute approximate surface area is 143 Å². The zero-order chi connectivity index (χ0) is 18.4. The maximum absolute atomic E-state index is 11.9. The molecule has 0 aliphatic rings. The molecule has 0 heterocycles. The molecule has 0 unspecified atom stereocenters. The molecular formula is C18H28N2O4. The molecule has 0 saturated carbocycles. The van der Waals surface area contributed by atoms with Crippen molar-refractivity contribution >= 4 is 12.2 Å². The molecule has 24 heavy (non-hydrogen) atoms. The summed E-state index contributed by atoms with van der Waals surface area (Å²) in [6.45, 7) is 9.91. The molecule has 0 saturated heterocycles. The number of ether oxygens (including phenoxy) is 2. The lowest BCUT2D eigenvalue weighted by Crippen LogP contribution is -2.43. The summed E-state index contributed by atoms with van der Waals surface area (Å²) in [5.74, 6) is 0. The third kappa shape index (κ3) is 5.44. The molecule has 2 N–H and O–H groups in total. The fourth-order valence-electron chi connectivity index (χ4n) is 2.23. The van der Waals surface area contributed by atoms with Gasteiger partial charge in [0.05, 0.1) is 24.8 Å². The van der Waals surface area contributed by atoms with Gasteiger partial charge in [-0.25, -0.2) is 9.59 Å². The number of carbonyl (C=O) groups excluding carboxylic acids is 2. The Balaban J connectivity index is 2.97. The normalized spacial score (nSPS) is 11.6. The number of benzene rings is 1. The van der Waals surface area contributed by atoms with Gasteiger partial charge in [0.2, 0.25) is 0 Å². The summed E-state index contributed by atoms with van der Waals surface area (Å²) in [6.07, 6.45) is -0.165. The Morgan fingerprint density at radius 2 is 1.50 bits per heavy atom. The van der Waals surface area contributed by atoms with Gasteiger partial charge in [-0.1, -0.05) is 31.2 Å². The predicted octanol–water partition coefficient (Wildman–Crippen LogP) is 3.65. The van der Waals surface area contributed by atoms with Crippen molar-refractivity contribution in [3.63, 3.8) is 0 Å². The molecule has 1 aromatic carbocycles. The average molecular weight is 336 g/mol. The van der Waals surface area contributed by atoms with E-state index in [2.05, 4.69) is 15.4 Å². The first-order valence-corrected chi connectivity index (χ1v) is 8.04. The largest absolute Gasteiger partial charge is 0.453 e. The second-order valence-corrected chi connectivity index (χ2v) is 6.71. The summed E-state index contributed by atoms with van der Waals surface area (Å²) in [5.41, 5.74) is 0.597. The third-order valence-electron chi connectivity index (χ3n) is 3.76. The third-order valence-corrected chi connectivity index (χ3v) is 3.76. The van der Waals surface area contributed by atoms with Crippen LogP contribution >= 0.6 is 0 Å². The van der Waals surface area contributed by atoms with Crippen molar-refractivity contribution in [1.82, 2.24) is 10.6 Å². The predicted molar refractivity (Wildman–Crippen MR) is 92.8 cm³/mol. The smallest absolute Gasteiger partial charge is 0.407 e. The molecule has 0 aliphatic heterocycles. The van der Waals surface area contributed by atoms with E-state index in [4.69, 9.17) is 4.74 Å². The number of hydrogen-bond donors (Lipinski definition) is 2. The van der Waals surface area contributed by atoms with E-state index in [1.165, 1.54) is 7.11 Å². The van der Waals surface area contributed by atoms with Crippen LogP contribution in [0.2, 0.25) is 0 Å². The highest BCUT2D eigenvalue weighted by Crippen LogP contribution is 2.26. The second kappa shape index (κ2) is 8.04. The molecule has 6 heteroatoms. The molecule has 1 aromatic rings. The van der Waals surface area contributed by atoms with Crippen LogP contribution in [-0.4, -0.2) is 25.9 Å². The molecule has 0 aromatic heterocycles. The van der Waals surface area contributed by atoms with Gasteiger partial charge in [-0.2, -0.15) is 0 Å². The van der Waals surface area contributed by atoms with E-state index in [1.807, 2.05) is 58.9 Å². The van der Waals surface area contributed by atoms with Crippen LogP contribution in [0.1, 0.15) is 52.2 Å². The Bertz CT molecular complexity index is 582. The summed E-state index contributed by atoms with van der Waals surface area (Å²) in [7, 11) is 1.33. The Hall–Kier alpha value is -2.24. The quantitative estimate of drug-likeness (QED) is 0.831. The highest BCUT2D eigenvalue weighted by Gasteiger charge is 2.28. The SMILES string of the molecule is CCCOC(=O)NC(C)(C)c1cccc(C(C)(C)NC(=O)OC)c1. The van der Waals surface area contributed by atoms with Crippen LogP contribution < -0.4 is 10.6 Å². The average Bonchev–Trinajstić information content (AvgIpc) is 2.52. The fourth-order valence-corrected chi connectivity index (χ4v) is 2.23. The van der Waals surface area contributed by atoms with E-state index >= 15 is 0 Å². The number of carbonyl (C=O) groups is 2. The lowest BCUT2D eigenvalue weighted by molar-refractivity contribution is 0.136. The van der Waals surface area contributed by atoms with E-state index in [0.717, 1.165) is 17.5 Å². The van der Waals surface area contributed by atoms with Crippen molar-refractivity contribution < 1.29 is 19.1 Å². The van der Waals surface area contributed by atoms with E-state index in [1.54, 1.807) is 0 Å². The highest BCUT2D eigenvalue weighted by molar-refractivity contribution is 5.69. The van der Waals surface area contributed by atoms with Crippen LogP contribution in [0.5, 0.6) is 0 Å². The minimum absolute atomic E-state index is 0.387. The number of alkyl carbamates (subject to hydrolysis) is 2. The van der Waals surface area contributed by atoms with Crippen LogP contribution in [0.4, 0.5) is 9.59 Å². The molecule has 2 amide bonds. The molecule has 0 aliphatic carbocycles. The zero-order valence-corrected chi connectivity index (χ0v) is 15.4. The number of methoxy groups -OCH3 is 1. The standard InChI is InChI=1S/C18H28N2O4/c1-7-11-24-16(22)20-18(4,5)14-10-8-9-13(12-14)17(2,3)19-15(21)23-6/h8-10,12H,7,11H2,1-6H3,(H,19,21)(H,20,22). The molecule has 0 fully saturated rings. The lowest BCUT2D eigenvalue weighted by atomic mass is 9.87. The lowest BCUT2D eigenvalue weighted by Gasteiger charge is -2.30. The summed E-state index contributed by atoms with van der Waals surface area (Å²) in [4.78, 5) is 23.4. The van der Waals surface area contributed by atoms with Crippen LogP contribution in [-0.2, 0) is 20.6 Å². The first kappa shape index (κ1) is 19.8. The van der Waals surface area contributed by atoms with Gasteiger partial charge < -0.3 is 20.1 Å². The molecule has 1 rings (SSSR count). The molecule has 0 atom stereocenters. The molecular weight excluding hydrogens is 308 g/mol. The number of nitrogens with one attached hydrogen (secondary N) is 2. The summed E-state index contributed by atoms with van der Waals surface area (Å²) >= 11 is 0. The minimum atomic E-state index is -0.609. The Morgan fingerprint density at radius 1 is 1.00 bits per heavy atom. The van der Waals surface area contributed by atoms with E-state index in [0.29, 0.717) is 6.61 Å². The van der Waals surface area contributed by atoms with Gasteiger partial charge in [0.15, 0.2) is 0 Å². The number of hydrogen-bond acceptors (Lipinski definition) is 4. The van der Waals surface area contributed by atoms with Crippen LogP contribution in [0.15, 0.2) is 24.3 Å². The van der Waals surface area contributed by atoms with Crippen LogP contribution in [0.25, 0.3) is 0 Å².